The van der Waals surface area contributed by atoms with Crippen molar-refractivity contribution in [2.75, 3.05) is 12.3 Å². The van der Waals surface area contributed by atoms with Crippen LogP contribution in [0.2, 0.25) is 0 Å². The van der Waals surface area contributed by atoms with E-state index in [0.717, 1.165) is 5.56 Å². The smallest absolute Gasteiger partial charge is 0.244 e. The number of hydrogen-bond acceptors (Lipinski definition) is 4. The minimum atomic E-state index is -0.560. The van der Waals surface area contributed by atoms with E-state index in [9.17, 15) is 4.79 Å². The number of carbonyl (C=O) groups is 1. The highest BCUT2D eigenvalue weighted by Gasteiger charge is 2.03. The molecule has 0 spiro atoms. The molecule has 110 valence electrons. The molecule has 1 atom stereocenters. The van der Waals surface area contributed by atoms with Crippen molar-refractivity contribution in [3.05, 3.63) is 29.8 Å². The highest BCUT2D eigenvalue weighted by molar-refractivity contribution is 5.91. The lowest BCUT2D eigenvalue weighted by molar-refractivity contribution is -0.116. The average Bonchev–Trinajstić information content (AvgIpc) is 2.36. The van der Waals surface area contributed by atoms with Crippen LogP contribution in [0.15, 0.2) is 24.3 Å². The Bertz CT molecular complexity index is 482. The zero-order valence-corrected chi connectivity index (χ0v) is 12.1. The lowest BCUT2D eigenvalue weighted by Gasteiger charge is -2.12. The largest absolute Gasteiger partial charge is 0.489 e. The van der Waals surface area contributed by atoms with E-state index in [1.54, 1.807) is 25.1 Å². The Morgan fingerprint density at radius 2 is 2.15 bits per heavy atom. The third-order valence-electron chi connectivity index (χ3n) is 2.40. The normalized spacial score (nSPS) is 12.7. The molecule has 20 heavy (non-hydrogen) atoms. The van der Waals surface area contributed by atoms with Gasteiger partial charge in [-0.15, -0.1) is 0 Å². The average molecular weight is 278 g/mol. The second-order valence-electron chi connectivity index (χ2n) is 4.89. The van der Waals surface area contributed by atoms with Gasteiger partial charge in [0.05, 0.1) is 17.9 Å². The van der Waals surface area contributed by atoms with Crippen LogP contribution in [0.5, 0.6) is 5.75 Å². The predicted molar refractivity (Wildman–Crippen MR) is 80.3 cm³/mol. The minimum Gasteiger partial charge on any atom is -0.489 e. The molecule has 0 saturated heterocycles. The highest BCUT2D eigenvalue weighted by atomic mass is 16.5. The van der Waals surface area contributed by atoms with Crippen molar-refractivity contribution in [3.8, 4) is 5.75 Å². The summed E-state index contributed by atoms with van der Waals surface area (Å²) in [5, 5.41) is 11.6. The minimum absolute atomic E-state index is 0.0601. The van der Waals surface area contributed by atoms with Crippen molar-refractivity contribution in [3.63, 3.8) is 0 Å². The molecule has 0 aromatic heterocycles. The first kappa shape index (κ1) is 16.0. The summed E-state index contributed by atoms with van der Waals surface area (Å²) in [5.41, 5.74) is 7.23. The Balaban J connectivity index is 2.64. The van der Waals surface area contributed by atoms with Gasteiger partial charge in [-0.05, 0) is 44.5 Å². The van der Waals surface area contributed by atoms with E-state index in [1.807, 2.05) is 19.9 Å². The molecule has 0 aliphatic heterocycles. The van der Waals surface area contributed by atoms with Crippen molar-refractivity contribution in [2.24, 2.45) is 0 Å². The number of aliphatic hydroxyl groups excluding tert-OH is 1. The monoisotopic (exact) mass is 278 g/mol. The Hall–Kier alpha value is -2.01. The SMILES string of the molecule is CC(O)CNC(=O)/C=C\c1ccc(OC(C)C)c(N)c1. The molecule has 1 aromatic rings. The number of amides is 1. The lowest BCUT2D eigenvalue weighted by atomic mass is 10.1. The van der Waals surface area contributed by atoms with Crippen molar-refractivity contribution < 1.29 is 14.6 Å². The van der Waals surface area contributed by atoms with Crippen LogP contribution in [0.1, 0.15) is 26.3 Å². The maximum atomic E-state index is 11.5. The van der Waals surface area contributed by atoms with Gasteiger partial charge in [0.1, 0.15) is 5.75 Å². The summed E-state index contributed by atoms with van der Waals surface area (Å²) in [5.74, 6) is 0.377. The van der Waals surface area contributed by atoms with Gasteiger partial charge >= 0.3 is 0 Å². The molecule has 0 heterocycles. The van der Waals surface area contributed by atoms with Crippen LogP contribution >= 0.6 is 0 Å². The molecule has 5 nitrogen and oxygen atoms in total. The quantitative estimate of drug-likeness (QED) is 0.544. The molecule has 0 saturated carbocycles. The summed E-state index contributed by atoms with van der Waals surface area (Å²) in [6, 6.07) is 5.35. The summed E-state index contributed by atoms with van der Waals surface area (Å²) in [7, 11) is 0. The number of carbonyl (C=O) groups excluding carboxylic acids is 1. The summed E-state index contributed by atoms with van der Waals surface area (Å²) in [6.45, 7) is 5.70. The van der Waals surface area contributed by atoms with Gasteiger partial charge in [0.25, 0.3) is 0 Å². The van der Waals surface area contributed by atoms with Crippen molar-refractivity contribution in [1.82, 2.24) is 5.32 Å². The molecule has 1 rings (SSSR count). The number of nitrogen functional groups attached to an aromatic ring is 1. The van der Waals surface area contributed by atoms with Gasteiger partial charge < -0.3 is 20.9 Å². The number of rotatable bonds is 6. The van der Waals surface area contributed by atoms with E-state index < -0.39 is 6.10 Å². The van der Waals surface area contributed by atoms with Crippen LogP contribution in [0, 0.1) is 0 Å². The van der Waals surface area contributed by atoms with E-state index in [0.29, 0.717) is 11.4 Å². The Morgan fingerprint density at radius 1 is 1.45 bits per heavy atom. The number of anilines is 1. The van der Waals surface area contributed by atoms with Crippen molar-refractivity contribution >= 4 is 17.7 Å². The van der Waals surface area contributed by atoms with E-state index in [-0.39, 0.29) is 18.6 Å². The van der Waals surface area contributed by atoms with E-state index >= 15 is 0 Å². The van der Waals surface area contributed by atoms with Gasteiger partial charge in [-0.1, -0.05) is 6.07 Å². The van der Waals surface area contributed by atoms with Gasteiger partial charge in [-0.3, -0.25) is 4.79 Å². The Kier molecular flexibility index (Phi) is 6.06. The first-order valence-electron chi connectivity index (χ1n) is 6.58. The number of nitrogens with one attached hydrogen (secondary N) is 1. The van der Waals surface area contributed by atoms with Gasteiger partial charge in [0.2, 0.25) is 5.91 Å². The maximum absolute atomic E-state index is 11.5. The fourth-order valence-corrected chi connectivity index (χ4v) is 1.51. The maximum Gasteiger partial charge on any atom is 0.244 e. The van der Waals surface area contributed by atoms with E-state index in [2.05, 4.69) is 5.32 Å². The Labute approximate surface area is 119 Å². The predicted octanol–water partition coefficient (Wildman–Crippen LogP) is 1.57. The van der Waals surface area contributed by atoms with Gasteiger partial charge in [0.15, 0.2) is 0 Å². The molecule has 0 aliphatic carbocycles. The molecule has 0 bridgehead atoms. The number of ether oxygens (including phenoxy) is 1. The topological polar surface area (TPSA) is 84.6 Å². The number of benzene rings is 1. The molecule has 5 heteroatoms. The van der Waals surface area contributed by atoms with Crippen molar-refractivity contribution in [1.29, 1.82) is 0 Å². The molecule has 0 aliphatic rings. The second-order valence-corrected chi connectivity index (χ2v) is 4.89. The zero-order chi connectivity index (χ0) is 15.1. The third kappa shape index (κ3) is 5.75. The second kappa shape index (κ2) is 7.55. The van der Waals surface area contributed by atoms with Crippen LogP contribution in [-0.2, 0) is 4.79 Å². The van der Waals surface area contributed by atoms with Gasteiger partial charge in [-0.2, -0.15) is 0 Å². The van der Waals surface area contributed by atoms with Crippen molar-refractivity contribution in [2.45, 2.75) is 33.0 Å². The summed E-state index contributed by atoms with van der Waals surface area (Å²) >= 11 is 0. The summed E-state index contributed by atoms with van der Waals surface area (Å²) < 4.78 is 5.53. The van der Waals surface area contributed by atoms with Crippen LogP contribution < -0.4 is 15.8 Å². The third-order valence-corrected chi connectivity index (χ3v) is 2.40. The molecular weight excluding hydrogens is 256 g/mol. The number of aliphatic hydroxyl groups is 1. The standard InChI is InChI=1S/C15H22N2O3/c1-10(2)20-14-6-4-12(8-13(14)16)5-7-15(19)17-9-11(3)18/h4-8,10-11,18H,9,16H2,1-3H3,(H,17,19)/b7-5-. The number of nitrogens with two attached hydrogens (primary N) is 1. The van der Waals surface area contributed by atoms with Gasteiger partial charge in [0, 0.05) is 12.6 Å². The highest BCUT2D eigenvalue weighted by Crippen LogP contribution is 2.24. The summed E-state index contributed by atoms with van der Waals surface area (Å²) in [6.07, 6.45) is 2.56. The Morgan fingerprint density at radius 3 is 2.70 bits per heavy atom. The molecule has 1 aromatic carbocycles. The van der Waals surface area contributed by atoms with E-state index in [4.69, 9.17) is 15.6 Å². The van der Waals surface area contributed by atoms with Crippen LogP contribution in [0.25, 0.3) is 6.08 Å². The van der Waals surface area contributed by atoms with Crippen LogP contribution in [-0.4, -0.2) is 29.8 Å². The molecule has 0 radical (unpaired) electrons. The lowest BCUT2D eigenvalue weighted by Crippen LogP contribution is -2.28. The number of hydrogen-bond donors (Lipinski definition) is 3. The van der Waals surface area contributed by atoms with Gasteiger partial charge in [-0.25, -0.2) is 0 Å². The summed E-state index contributed by atoms with van der Waals surface area (Å²) in [4.78, 5) is 11.5. The fourth-order valence-electron chi connectivity index (χ4n) is 1.51. The molecule has 1 amide bonds. The van der Waals surface area contributed by atoms with E-state index in [1.165, 1.54) is 6.08 Å². The molecular formula is C15H22N2O3. The molecule has 0 fully saturated rings. The molecule has 4 N–H and O–H groups in total. The van der Waals surface area contributed by atoms with Crippen LogP contribution in [0.4, 0.5) is 5.69 Å². The fraction of sp³-hybridized carbons (Fsp3) is 0.400. The zero-order valence-electron chi connectivity index (χ0n) is 12.1. The first-order valence-corrected chi connectivity index (χ1v) is 6.58. The van der Waals surface area contributed by atoms with Crippen LogP contribution in [0.3, 0.4) is 0 Å². The first-order chi connectivity index (χ1) is 9.38. The molecule has 1 unspecified atom stereocenters.